The number of imidazole rings is 1. The first-order chi connectivity index (χ1) is 6.31. The van der Waals surface area contributed by atoms with Crippen LogP contribution >= 0.6 is 11.3 Å². The van der Waals surface area contributed by atoms with Gasteiger partial charge in [0.2, 0.25) is 5.13 Å². The molecule has 13 heavy (non-hydrogen) atoms. The lowest BCUT2D eigenvalue weighted by molar-refractivity contribution is 0.896. The van der Waals surface area contributed by atoms with E-state index in [0.29, 0.717) is 6.54 Å². The number of nitrogens with zero attached hydrogens (tertiary/aromatic N) is 4. The van der Waals surface area contributed by atoms with Crippen LogP contribution in [0.2, 0.25) is 0 Å². The Morgan fingerprint density at radius 1 is 1.54 bits per heavy atom. The lowest BCUT2D eigenvalue weighted by atomic mass is 10.7. The average molecular weight is 195 g/mol. The smallest absolute Gasteiger partial charge is 0.217 e. The Hall–Kier alpha value is -1.27. The fourth-order valence-corrected chi connectivity index (χ4v) is 1.75. The fraction of sp³-hybridized carbons (Fsp3) is 0.286. The number of rotatable bonds is 2. The first kappa shape index (κ1) is 8.33. The second-order valence-corrected chi connectivity index (χ2v) is 3.57. The molecule has 2 aromatic rings. The predicted octanol–water partition coefficient (Wildman–Crippen LogP) is 0.491. The van der Waals surface area contributed by atoms with E-state index >= 15 is 0 Å². The summed E-state index contributed by atoms with van der Waals surface area (Å²) in [4.78, 5) is 4.10. The number of nitrogens with two attached hydrogens (primary N) is 1. The Kier molecular flexibility index (Phi) is 2.07. The highest BCUT2D eigenvalue weighted by molar-refractivity contribution is 7.13. The van der Waals surface area contributed by atoms with E-state index in [1.807, 2.05) is 17.7 Å². The van der Waals surface area contributed by atoms with Gasteiger partial charge < -0.3 is 5.73 Å². The molecule has 0 atom stereocenters. The molecule has 0 spiro atoms. The summed E-state index contributed by atoms with van der Waals surface area (Å²) in [5.74, 6) is 0.903. The highest BCUT2D eigenvalue weighted by Crippen LogP contribution is 2.15. The van der Waals surface area contributed by atoms with Gasteiger partial charge in [0.05, 0.1) is 0 Å². The van der Waals surface area contributed by atoms with Gasteiger partial charge in [0, 0.05) is 18.9 Å². The molecular weight excluding hydrogens is 186 g/mol. The van der Waals surface area contributed by atoms with Crippen molar-refractivity contribution in [1.29, 1.82) is 0 Å². The van der Waals surface area contributed by atoms with Gasteiger partial charge in [0.1, 0.15) is 10.8 Å². The van der Waals surface area contributed by atoms with Gasteiger partial charge in [-0.05, 0) is 6.92 Å². The molecule has 6 heteroatoms. The van der Waals surface area contributed by atoms with Gasteiger partial charge in [0.25, 0.3) is 0 Å². The van der Waals surface area contributed by atoms with E-state index in [1.165, 1.54) is 11.3 Å². The summed E-state index contributed by atoms with van der Waals surface area (Å²) in [5, 5.41) is 9.58. The molecule has 0 unspecified atom stereocenters. The van der Waals surface area contributed by atoms with Crippen LogP contribution in [0, 0.1) is 6.92 Å². The highest BCUT2D eigenvalue weighted by atomic mass is 32.1. The van der Waals surface area contributed by atoms with E-state index in [0.717, 1.165) is 16.0 Å². The molecule has 5 nitrogen and oxygen atoms in total. The van der Waals surface area contributed by atoms with Crippen molar-refractivity contribution in [2.24, 2.45) is 5.73 Å². The molecule has 0 saturated carbocycles. The Labute approximate surface area is 79.2 Å². The van der Waals surface area contributed by atoms with Gasteiger partial charge >= 0.3 is 0 Å². The van der Waals surface area contributed by atoms with Gasteiger partial charge in [-0.15, -0.1) is 10.2 Å². The molecule has 0 aliphatic carbocycles. The van der Waals surface area contributed by atoms with Crippen molar-refractivity contribution in [3.63, 3.8) is 0 Å². The minimum atomic E-state index is 0.436. The van der Waals surface area contributed by atoms with Gasteiger partial charge in [-0.2, -0.15) is 0 Å². The maximum absolute atomic E-state index is 5.44. The van der Waals surface area contributed by atoms with Crippen LogP contribution in [0.4, 0.5) is 0 Å². The Morgan fingerprint density at radius 3 is 2.92 bits per heavy atom. The molecule has 0 bridgehead atoms. The Bertz CT molecular complexity index is 404. The topological polar surface area (TPSA) is 69.6 Å². The van der Waals surface area contributed by atoms with Crippen molar-refractivity contribution in [3.8, 4) is 5.13 Å². The zero-order valence-electron chi connectivity index (χ0n) is 7.14. The van der Waals surface area contributed by atoms with Gasteiger partial charge in [-0.3, -0.25) is 4.57 Å². The van der Waals surface area contributed by atoms with Crippen molar-refractivity contribution in [3.05, 3.63) is 23.2 Å². The van der Waals surface area contributed by atoms with Crippen LogP contribution in [0.5, 0.6) is 0 Å². The van der Waals surface area contributed by atoms with Crippen molar-refractivity contribution in [2.45, 2.75) is 13.5 Å². The van der Waals surface area contributed by atoms with Crippen molar-refractivity contribution < 1.29 is 0 Å². The van der Waals surface area contributed by atoms with E-state index in [1.54, 1.807) is 6.20 Å². The Morgan fingerprint density at radius 2 is 2.38 bits per heavy atom. The molecular formula is C7H9N5S. The van der Waals surface area contributed by atoms with E-state index in [9.17, 15) is 0 Å². The summed E-state index contributed by atoms with van der Waals surface area (Å²) in [6.45, 7) is 2.36. The molecule has 0 amide bonds. The molecule has 0 saturated heterocycles. The van der Waals surface area contributed by atoms with E-state index in [4.69, 9.17) is 5.73 Å². The van der Waals surface area contributed by atoms with Crippen LogP contribution in [0.25, 0.3) is 5.13 Å². The summed E-state index contributed by atoms with van der Waals surface area (Å²) in [6.07, 6.45) is 3.59. The number of hydrogen-bond donors (Lipinski definition) is 1. The van der Waals surface area contributed by atoms with Crippen LogP contribution < -0.4 is 5.73 Å². The third-order valence-electron chi connectivity index (χ3n) is 1.66. The average Bonchev–Trinajstić information content (AvgIpc) is 2.71. The van der Waals surface area contributed by atoms with Crippen LogP contribution in [-0.4, -0.2) is 19.7 Å². The zero-order chi connectivity index (χ0) is 9.26. The second-order valence-electron chi connectivity index (χ2n) is 2.53. The molecule has 2 N–H and O–H groups in total. The summed E-state index contributed by atoms with van der Waals surface area (Å²) < 4.78 is 1.89. The van der Waals surface area contributed by atoms with E-state index in [-0.39, 0.29) is 0 Å². The summed E-state index contributed by atoms with van der Waals surface area (Å²) in [5.41, 5.74) is 5.44. The molecule has 0 radical (unpaired) electrons. The fourth-order valence-electron chi connectivity index (χ4n) is 1.00. The molecule has 2 rings (SSSR count). The maximum Gasteiger partial charge on any atom is 0.217 e. The largest absolute Gasteiger partial charge is 0.324 e. The number of aromatic nitrogens is 4. The molecule has 0 aliphatic heterocycles. The molecule has 0 aromatic carbocycles. The van der Waals surface area contributed by atoms with Crippen molar-refractivity contribution >= 4 is 11.3 Å². The standard InChI is InChI=1S/C7H9N5S/c1-5-9-2-3-12(5)7-11-10-6(4-8)13-7/h2-3H,4,8H2,1H3. The van der Waals surface area contributed by atoms with E-state index < -0.39 is 0 Å². The molecule has 68 valence electrons. The lowest BCUT2D eigenvalue weighted by Gasteiger charge is -1.95. The second kappa shape index (κ2) is 3.23. The van der Waals surface area contributed by atoms with Gasteiger partial charge in [0.15, 0.2) is 0 Å². The number of aryl methyl sites for hydroxylation is 1. The Balaban J connectivity index is 2.41. The lowest BCUT2D eigenvalue weighted by Crippen LogP contribution is -1.94. The van der Waals surface area contributed by atoms with Gasteiger partial charge in [-0.25, -0.2) is 4.98 Å². The highest BCUT2D eigenvalue weighted by Gasteiger charge is 2.06. The minimum Gasteiger partial charge on any atom is -0.324 e. The first-order valence-electron chi connectivity index (χ1n) is 3.84. The first-order valence-corrected chi connectivity index (χ1v) is 4.65. The van der Waals surface area contributed by atoms with Crippen LogP contribution in [-0.2, 0) is 6.54 Å². The van der Waals surface area contributed by atoms with Crippen LogP contribution in [0.15, 0.2) is 12.4 Å². The SMILES string of the molecule is Cc1nccn1-c1nnc(CN)s1. The third-order valence-corrected chi connectivity index (χ3v) is 2.61. The van der Waals surface area contributed by atoms with Crippen molar-refractivity contribution in [1.82, 2.24) is 19.7 Å². The maximum atomic E-state index is 5.44. The quantitative estimate of drug-likeness (QED) is 0.757. The minimum absolute atomic E-state index is 0.436. The number of hydrogen-bond acceptors (Lipinski definition) is 5. The predicted molar refractivity (Wildman–Crippen MR) is 49.7 cm³/mol. The third kappa shape index (κ3) is 1.45. The zero-order valence-corrected chi connectivity index (χ0v) is 7.95. The summed E-state index contributed by atoms with van der Waals surface area (Å²) in [6, 6.07) is 0. The normalized spacial score (nSPS) is 10.6. The monoisotopic (exact) mass is 195 g/mol. The van der Waals surface area contributed by atoms with E-state index in [2.05, 4.69) is 15.2 Å². The van der Waals surface area contributed by atoms with Crippen molar-refractivity contribution in [2.75, 3.05) is 0 Å². The molecule has 2 aromatic heterocycles. The van der Waals surface area contributed by atoms with Crippen LogP contribution in [0.1, 0.15) is 10.8 Å². The molecule has 0 fully saturated rings. The van der Waals surface area contributed by atoms with Crippen LogP contribution in [0.3, 0.4) is 0 Å². The van der Waals surface area contributed by atoms with Gasteiger partial charge in [-0.1, -0.05) is 11.3 Å². The summed E-state index contributed by atoms with van der Waals surface area (Å²) in [7, 11) is 0. The summed E-state index contributed by atoms with van der Waals surface area (Å²) >= 11 is 1.48. The molecule has 2 heterocycles. The molecule has 0 aliphatic rings.